The minimum atomic E-state index is -0.887. The number of rotatable bonds is 7. The SMILES string of the molecule is Cc1cnc(CNC(=O)NC(=O)CCCCC(=O)O)s1. The van der Waals surface area contributed by atoms with Crippen LogP contribution in [0, 0.1) is 6.92 Å². The third-order valence-electron chi connectivity index (χ3n) is 2.37. The standard InChI is InChI=1S/C12H17N3O4S/c1-8-6-13-10(20-8)7-14-12(19)15-9(16)4-2-3-5-11(17)18/h6H,2-5,7H2,1H3,(H,17,18)(H2,14,15,16,19). The molecule has 1 aromatic rings. The van der Waals surface area contributed by atoms with Crippen molar-refractivity contribution in [3.8, 4) is 0 Å². The number of carbonyl (C=O) groups excluding carboxylic acids is 2. The second kappa shape index (κ2) is 8.26. The van der Waals surface area contributed by atoms with Gasteiger partial charge in [-0.2, -0.15) is 0 Å². The minimum absolute atomic E-state index is 0.0306. The summed E-state index contributed by atoms with van der Waals surface area (Å²) in [6.45, 7) is 2.19. The molecule has 0 aliphatic carbocycles. The predicted molar refractivity (Wildman–Crippen MR) is 73.3 cm³/mol. The first kappa shape index (κ1) is 16.1. The first-order valence-electron chi connectivity index (χ1n) is 6.18. The van der Waals surface area contributed by atoms with E-state index in [9.17, 15) is 14.4 Å². The molecule has 3 amide bonds. The highest BCUT2D eigenvalue weighted by Crippen LogP contribution is 2.10. The summed E-state index contributed by atoms with van der Waals surface area (Å²) in [5, 5.41) is 13.9. The van der Waals surface area contributed by atoms with Crippen molar-refractivity contribution in [1.82, 2.24) is 15.6 Å². The van der Waals surface area contributed by atoms with Crippen LogP contribution in [0.25, 0.3) is 0 Å². The fraction of sp³-hybridized carbons (Fsp3) is 0.500. The van der Waals surface area contributed by atoms with Crippen LogP contribution in [-0.2, 0) is 16.1 Å². The maximum atomic E-state index is 11.4. The Bertz CT molecular complexity index is 487. The summed E-state index contributed by atoms with van der Waals surface area (Å²) in [5.74, 6) is -1.30. The van der Waals surface area contributed by atoms with Gasteiger partial charge in [0.25, 0.3) is 0 Å². The lowest BCUT2D eigenvalue weighted by Gasteiger charge is -2.05. The summed E-state index contributed by atoms with van der Waals surface area (Å²) >= 11 is 1.47. The second-order valence-electron chi connectivity index (χ2n) is 4.20. The van der Waals surface area contributed by atoms with Crippen molar-refractivity contribution < 1.29 is 19.5 Å². The third kappa shape index (κ3) is 6.83. The molecule has 20 heavy (non-hydrogen) atoms. The molecule has 0 saturated carbocycles. The number of aliphatic carboxylic acids is 1. The van der Waals surface area contributed by atoms with Crippen LogP contribution in [0.4, 0.5) is 4.79 Å². The number of hydrogen-bond acceptors (Lipinski definition) is 5. The number of imide groups is 1. The van der Waals surface area contributed by atoms with Gasteiger partial charge in [-0.15, -0.1) is 11.3 Å². The summed E-state index contributed by atoms with van der Waals surface area (Å²) in [6.07, 6.45) is 2.74. The Morgan fingerprint density at radius 2 is 2.00 bits per heavy atom. The van der Waals surface area contributed by atoms with E-state index in [4.69, 9.17) is 5.11 Å². The van der Waals surface area contributed by atoms with E-state index in [1.165, 1.54) is 11.3 Å². The smallest absolute Gasteiger partial charge is 0.321 e. The van der Waals surface area contributed by atoms with E-state index in [2.05, 4.69) is 15.6 Å². The number of thiazole rings is 1. The van der Waals surface area contributed by atoms with E-state index in [0.717, 1.165) is 9.88 Å². The number of aryl methyl sites for hydroxylation is 1. The lowest BCUT2D eigenvalue weighted by molar-refractivity contribution is -0.137. The number of carboxylic acid groups (broad SMARTS) is 1. The Kier molecular flexibility index (Phi) is 6.65. The van der Waals surface area contributed by atoms with Crippen LogP contribution in [0.1, 0.15) is 35.6 Å². The molecule has 1 aromatic heterocycles. The lowest BCUT2D eigenvalue weighted by atomic mass is 10.2. The van der Waals surface area contributed by atoms with Gasteiger partial charge in [0.15, 0.2) is 0 Å². The number of aromatic nitrogens is 1. The fourth-order valence-corrected chi connectivity index (χ4v) is 2.16. The van der Waals surface area contributed by atoms with Crippen molar-refractivity contribution in [3.63, 3.8) is 0 Å². The zero-order valence-corrected chi connectivity index (χ0v) is 12.0. The quantitative estimate of drug-likeness (QED) is 0.660. The zero-order chi connectivity index (χ0) is 15.0. The number of nitrogens with one attached hydrogen (secondary N) is 2. The van der Waals surface area contributed by atoms with Crippen LogP contribution < -0.4 is 10.6 Å². The number of nitrogens with zero attached hydrogens (tertiary/aromatic N) is 1. The number of hydrogen-bond donors (Lipinski definition) is 3. The molecule has 0 aliphatic rings. The van der Waals surface area contributed by atoms with Gasteiger partial charge in [0.2, 0.25) is 5.91 Å². The molecule has 1 rings (SSSR count). The van der Waals surface area contributed by atoms with Gasteiger partial charge in [0, 0.05) is 23.9 Å². The van der Waals surface area contributed by atoms with E-state index < -0.39 is 17.9 Å². The molecular weight excluding hydrogens is 282 g/mol. The molecule has 8 heteroatoms. The molecule has 1 heterocycles. The van der Waals surface area contributed by atoms with Gasteiger partial charge in [-0.3, -0.25) is 14.9 Å². The molecular formula is C12H17N3O4S. The average Bonchev–Trinajstić information content (AvgIpc) is 2.78. The highest BCUT2D eigenvalue weighted by Gasteiger charge is 2.08. The maximum Gasteiger partial charge on any atom is 0.321 e. The van der Waals surface area contributed by atoms with Gasteiger partial charge in [0.1, 0.15) is 5.01 Å². The number of unbranched alkanes of at least 4 members (excludes halogenated alkanes) is 1. The van der Waals surface area contributed by atoms with Crippen molar-refractivity contribution in [3.05, 3.63) is 16.1 Å². The van der Waals surface area contributed by atoms with Crippen molar-refractivity contribution in [2.45, 2.75) is 39.2 Å². The fourth-order valence-electron chi connectivity index (χ4n) is 1.43. The van der Waals surface area contributed by atoms with Gasteiger partial charge in [-0.1, -0.05) is 0 Å². The molecule has 0 atom stereocenters. The Morgan fingerprint density at radius 1 is 1.30 bits per heavy atom. The van der Waals surface area contributed by atoms with E-state index >= 15 is 0 Å². The van der Waals surface area contributed by atoms with Crippen LogP contribution in [0.2, 0.25) is 0 Å². The van der Waals surface area contributed by atoms with Crippen LogP contribution in [0.3, 0.4) is 0 Å². The summed E-state index contributed by atoms with van der Waals surface area (Å²) < 4.78 is 0. The van der Waals surface area contributed by atoms with Gasteiger partial charge >= 0.3 is 12.0 Å². The molecule has 0 aromatic carbocycles. The van der Waals surface area contributed by atoms with Crippen molar-refractivity contribution in [2.24, 2.45) is 0 Å². The number of amides is 3. The molecule has 0 bridgehead atoms. The summed E-state index contributed by atoms with van der Waals surface area (Å²) in [7, 11) is 0. The molecule has 0 radical (unpaired) electrons. The zero-order valence-electron chi connectivity index (χ0n) is 11.1. The molecule has 0 spiro atoms. The van der Waals surface area contributed by atoms with Crippen LogP contribution in [0.5, 0.6) is 0 Å². The van der Waals surface area contributed by atoms with Crippen LogP contribution in [-0.4, -0.2) is 28.0 Å². The number of carboxylic acids is 1. The monoisotopic (exact) mass is 299 g/mol. The van der Waals surface area contributed by atoms with E-state index in [1.807, 2.05) is 6.92 Å². The summed E-state index contributed by atoms with van der Waals surface area (Å²) in [4.78, 5) is 38.2. The molecule has 0 saturated heterocycles. The average molecular weight is 299 g/mol. The Balaban J connectivity index is 2.14. The second-order valence-corrected chi connectivity index (χ2v) is 5.52. The predicted octanol–water partition coefficient (Wildman–Crippen LogP) is 1.42. The largest absolute Gasteiger partial charge is 0.481 e. The molecule has 0 unspecified atom stereocenters. The van der Waals surface area contributed by atoms with Crippen molar-refractivity contribution in [1.29, 1.82) is 0 Å². The van der Waals surface area contributed by atoms with Gasteiger partial charge < -0.3 is 10.4 Å². The van der Waals surface area contributed by atoms with E-state index in [-0.39, 0.29) is 19.4 Å². The van der Waals surface area contributed by atoms with Crippen molar-refractivity contribution >= 4 is 29.2 Å². The Morgan fingerprint density at radius 3 is 2.60 bits per heavy atom. The highest BCUT2D eigenvalue weighted by atomic mass is 32.1. The highest BCUT2D eigenvalue weighted by molar-refractivity contribution is 7.11. The number of carbonyl (C=O) groups is 3. The first-order chi connectivity index (χ1) is 9.47. The van der Waals surface area contributed by atoms with Gasteiger partial charge in [0.05, 0.1) is 6.54 Å². The molecule has 110 valence electrons. The Hall–Kier alpha value is -1.96. The Labute approximate surface area is 120 Å². The summed E-state index contributed by atoms with van der Waals surface area (Å²) in [6, 6.07) is -0.568. The molecule has 0 aliphatic heterocycles. The van der Waals surface area contributed by atoms with Crippen LogP contribution >= 0.6 is 11.3 Å². The van der Waals surface area contributed by atoms with E-state index in [0.29, 0.717) is 12.8 Å². The van der Waals surface area contributed by atoms with Crippen LogP contribution in [0.15, 0.2) is 6.20 Å². The molecule has 0 fully saturated rings. The van der Waals surface area contributed by atoms with Gasteiger partial charge in [-0.25, -0.2) is 9.78 Å². The summed E-state index contributed by atoms with van der Waals surface area (Å²) in [5.41, 5.74) is 0. The topological polar surface area (TPSA) is 108 Å². The van der Waals surface area contributed by atoms with E-state index in [1.54, 1.807) is 6.20 Å². The normalized spacial score (nSPS) is 10.1. The van der Waals surface area contributed by atoms with Crippen molar-refractivity contribution in [2.75, 3.05) is 0 Å². The molecule has 3 N–H and O–H groups in total. The lowest BCUT2D eigenvalue weighted by Crippen LogP contribution is -2.38. The number of urea groups is 1. The third-order valence-corrected chi connectivity index (χ3v) is 3.28. The minimum Gasteiger partial charge on any atom is -0.481 e. The first-order valence-corrected chi connectivity index (χ1v) is 7.00. The maximum absolute atomic E-state index is 11.4. The molecule has 7 nitrogen and oxygen atoms in total. The van der Waals surface area contributed by atoms with Gasteiger partial charge in [-0.05, 0) is 19.8 Å².